The van der Waals surface area contributed by atoms with Crippen LogP contribution in [0.5, 0.6) is 0 Å². The van der Waals surface area contributed by atoms with Crippen LogP contribution in [-0.2, 0) is 0 Å². The standard InChI is InChI=1S/C18H18N2O2/c1-11-6-7-15-12(2)17(22-16(15)9-11)18(21)20-13(3)14-5-4-8-19-10-14/h4-10,13H,1-3H3,(H,20,21)/t13-/m1/s1. The summed E-state index contributed by atoms with van der Waals surface area (Å²) >= 11 is 0. The van der Waals surface area contributed by atoms with Crippen molar-refractivity contribution in [2.45, 2.75) is 26.8 Å². The largest absolute Gasteiger partial charge is 0.451 e. The number of rotatable bonds is 3. The first-order valence-electron chi connectivity index (χ1n) is 7.27. The summed E-state index contributed by atoms with van der Waals surface area (Å²) < 4.78 is 5.75. The Kier molecular flexibility index (Phi) is 3.67. The van der Waals surface area contributed by atoms with E-state index in [2.05, 4.69) is 10.3 Å². The average Bonchev–Trinajstić information content (AvgIpc) is 2.84. The Morgan fingerprint density at radius 1 is 1.27 bits per heavy atom. The molecule has 0 saturated carbocycles. The Balaban J connectivity index is 1.88. The minimum Gasteiger partial charge on any atom is -0.451 e. The van der Waals surface area contributed by atoms with Gasteiger partial charge in [0.15, 0.2) is 5.76 Å². The maximum absolute atomic E-state index is 12.5. The first-order valence-corrected chi connectivity index (χ1v) is 7.27. The molecule has 0 spiro atoms. The Bertz CT molecular complexity index is 822. The molecule has 0 aliphatic rings. The number of hydrogen-bond donors (Lipinski definition) is 1. The van der Waals surface area contributed by atoms with Crippen molar-refractivity contribution in [1.29, 1.82) is 0 Å². The highest BCUT2D eigenvalue weighted by molar-refractivity contribution is 5.99. The van der Waals surface area contributed by atoms with Crippen molar-refractivity contribution in [1.82, 2.24) is 10.3 Å². The number of nitrogens with zero attached hydrogens (tertiary/aromatic N) is 1. The molecule has 2 aromatic heterocycles. The predicted octanol–water partition coefficient (Wildman–Crippen LogP) is 3.94. The van der Waals surface area contributed by atoms with Crippen LogP contribution < -0.4 is 5.32 Å². The Hall–Kier alpha value is -2.62. The molecule has 1 N–H and O–H groups in total. The summed E-state index contributed by atoms with van der Waals surface area (Å²) in [7, 11) is 0. The van der Waals surface area contributed by atoms with Crippen molar-refractivity contribution >= 4 is 16.9 Å². The van der Waals surface area contributed by atoms with E-state index >= 15 is 0 Å². The lowest BCUT2D eigenvalue weighted by Gasteiger charge is -2.12. The van der Waals surface area contributed by atoms with Gasteiger partial charge in [-0.15, -0.1) is 0 Å². The quantitative estimate of drug-likeness (QED) is 0.796. The lowest BCUT2D eigenvalue weighted by Crippen LogP contribution is -2.26. The van der Waals surface area contributed by atoms with Crippen molar-refractivity contribution in [3.63, 3.8) is 0 Å². The summed E-state index contributed by atoms with van der Waals surface area (Å²) in [6, 6.07) is 9.62. The van der Waals surface area contributed by atoms with Crippen LogP contribution in [0.4, 0.5) is 0 Å². The van der Waals surface area contributed by atoms with Crippen LogP contribution in [0.3, 0.4) is 0 Å². The SMILES string of the molecule is Cc1ccc2c(C)c(C(=O)N[C@H](C)c3cccnc3)oc2c1. The molecule has 1 aromatic carbocycles. The minimum absolute atomic E-state index is 0.129. The van der Waals surface area contributed by atoms with Crippen molar-refractivity contribution in [3.8, 4) is 0 Å². The molecule has 4 heteroatoms. The number of benzene rings is 1. The van der Waals surface area contributed by atoms with Gasteiger partial charge in [0.1, 0.15) is 5.58 Å². The van der Waals surface area contributed by atoms with Gasteiger partial charge in [0, 0.05) is 23.3 Å². The topological polar surface area (TPSA) is 55.1 Å². The van der Waals surface area contributed by atoms with Gasteiger partial charge in [-0.2, -0.15) is 0 Å². The van der Waals surface area contributed by atoms with Gasteiger partial charge in [-0.3, -0.25) is 9.78 Å². The molecule has 0 radical (unpaired) electrons. The molecule has 1 atom stereocenters. The van der Waals surface area contributed by atoms with Crippen LogP contribution in [0.2, 0.25) is 0 Å². The molecule has 112 valence electrons. The highest BCUT2D eigenvalue weighted by Gasteiger charge is 2.19. The molecule has 0 aliphatic carbocycles. The molecule has 3 aromatic rings. The van der Waals surface area contributed by atoms with Gasteiger partial charge in [-0.05, 0) is 44.0 Å². The van der Waals surface area contributed by atoms with Gasteiger partial charge in [0.05, 0.1) is 6.04 Å². The van der Waals surface area contributed by atoms with Crippen LogP contribution in [0.15, 0.2) is 47.1 Å². The van der Waals surface area contributed by atoms with E-state index < -0.39 is 0 Å². The van der Waals surface area contributed by atoms with E-state index in [1.165, 1.54) is 0 Å². The third-order valence-electron chi connectivity index (χ3n) is 3.83. The van der Waals surface area contributed by atoms with Crippen molar-refractivity contribution in [2.75, 3.05) is 0 Å². The molecular formula is C18H18N2O2. The summed E-state index contributed by atoms with van der Waals surface area (Å²) in [4.78, 5) is 16.6. The molecule has 0 aliphatic heterocycles. The smallest absolute Gasteiger partial charge is 0.287 e. The summed E-state index contributed by atoms with van der Waals surface area (Å²) in [6.45, 7) is 5.84. The Labute approximate surface area is 129 Å². The predicted molar refractivity (Wildman–Crippen MR) is 85.8 cm³/mol. The number of carbonyl (C=O) groups excluding carboxylic acids is 1. The molecule has 2 heterocycles. The second-order valence-corrected chi connectivity index (χ2v) is 5.54. The monoisotopic (exact) mass is 294 g/mol. The molecule has 4 nitrogen and oxygen atoms in total. The normalized spacial score (nSPS) is 12.3. The maximum atomic E-state index is 12.5. The van der Waals surface area contributed by atoms with Crippen LogP contribution >= 0.6 is 0 Å². The summed E-state index contributed by atoms with van der Waals surface area (Å²) in [5.41, 5.74) is 3.68. The van der Waals surface area contributed by atoms with E-state index in [1.54, 1.807) is 12.4 Å². The van der Waals surface area contributed by atoms with Gasteiger partial charge in [0.25, 0.3) is 5.91 Å². The third kappa shape index (κ3) is 2.60. The fraction of sp³-hybridized carbons (Fsp3) is 0.222. The van der Waals surface area contributed by atoms with E-state index in [0.717, 1.165) is 27.7 Å². The number of carbonyl (C=O) groups is 1. The number of fused-ring (bicyclic) bond motifs is 1. The van der Waals surface area contributed by atoms with Crippen molar-refractivity contribution < 1.29 is 9.21 Å². The minimum atomic E-state index is -0.206. The zero-order chi connectivity index (χ0) is 15.7. The zero-order valence-corrected chi connectivity index (χ0v) is 12.9. The first-order chi connectivity index (χ1) is 10.6. The van der Waals surface area contributed by atoms with Gasteiger partial charge >= 0.3 is 0 Å². The number of furan rings is 1. The fourth-order valence-electron chi connectivity index (χ4n) is 2.53. The molecule has 0 bridgehead atoms. The van der Waals surface area contributed by atoms with Crippen molar-refractivity contribution in [3.05, 3.63) is 65.2 Å². The number of amides is 1. The van der Waals surface area contributed by atoms with Crippen molar-refractivity contribution in [2.24, 2.45) is 0 Å². The van der Waals surface area contributed by atoms with E-state index in [-0.39, 0.29) is 11.9 Å². The lowest BCUT2D eigenvalue weighted by atomic mass is 10.1. The highest BCUT2D eigenvalue weighted by atomic mass is 16.3. The summed E-state index contributed by atoms with van der Waals surface area (Å²) in [5.74, 6) is 0.166. The average molecular weight is 294 g/mol. The molecule has 3 rings (SSSR count). The number of aromatic nitrogens is 1. The van der Waals surface area contributed by atoms with E-state index in [9.17, 15) is 4.79 Å². The van der Waals surface area contributed by atoms with Gasteiger partial charge in [0.2, 0.25) is 0 Å². The summed E-state index contributed by atoms with van der Waals surface area (Å²) in [6.07, 6.45) is 3.46. The van der Waals surface area contributed by atoms with Crippen LogP contribution in [0.25, 0.3) is 11.0 Å². The van der Waals surface area contributed by atoms with E-state index in [1.807, 2.05) is 51.1 Å². The molecule has 1 amide bonds. The summed E-state index contributed by atoms with van der Waals surface area (Å²) in [5, 5.41) is 3.93. The Morgan fingerprint density at radius 2 is 2.09 bits per heavy atom. The van der Waals surface area contributed by atoms with Gasteiger partial charge in [-0.25, -0.2) is 0 Å². The van der Waals surface area contributed by atoms with Crippen LogP contribution in [0, 0.1) is 13.8 Å². The second kappa shape index (κ2) is 5.64. The molecule has 0 saturated heterocycles. The van der Waals surface area contributed by atoms with E-state index in [0.29, 0.717) is 5.76 Å². The number of hydrogen-bond acceptors (Lipinski definition) is 3. The highest BCUT2D eigenvalue weighted by Crippen LogP contribution is 2.26. The van der Waals surface area contributed by atoms with Crippen LogP contribution in [-0.4, -0.2) is 10.9 Å². The maximum Gasteiger partial charge on any atom is 0.287 e. The molecule has 0 unspecified atom stereocenters. The molecular weight excluding hydrogens is 276 g/mol. The van der Waals surface area contributed by atoms with E-state index in [4.69, 9.17) is 4.42 Å². The first kappa shape index (κ1) is 14.3. The van der Waals surface area contributed by atoms with Crippen LogP contribution in [0.1, 0.15) is 40.2 Å². The number of nitrogens with one attached hydrogen (secondary N) is 1. The number of pyridine rings is 1. The number of aryl methyl sites for hydroxylation is 2. The Morgan fingerprint density at radius 3 is 2.82 bits per heavy atom. The second-order valence-electron chi connectivity index (χ2n) is 5.54. The lowest BCUT2D eigenvalue weighted by molar-refractivity contribution is 0.0913. The molecule has 22 heavy (non-hydrogen) atoms. The molecule has 0 fully saturated rings. The fourth-order valence-corrected chi connectivity index (χ4v) is 2.53. The third-order valence-corrected chi connectivity index (χ3v) is 3.83. The van der Waals surface area contributed by atoms with Gasteiger partial charge < -0.3 is 9.73 Å². The van der Waals surface area contributed by atoms with Gasteiger partial charge in [-0.1, -0.05) is 18.2 Å². The zero-order valence-electron chi connectivity index (χ0n) is 12.9.